The second-order valence-electron chi connectivity index (χ2n) is 16.2. The van der Waals surface area contributed by atoms with E-state index < -0.39 is 74.6 Å². The molecule has 340 valence electrons. The Morgan fingerprint density at radius 3 is 0.738 bits per heavy atom. The number of aliphatic hydroxyl groups is 2. The molecule has 2 heterocycles. The van der Waals surface area contributed by atoms with Gasteiger partial charge in [-0.15, -0.1) is 0 Å². The standard InChI is InChI=1S/C54H58O11/c55-31-45-47(57-33-39-19-7-1-8-20-39)49(59-35-41-23-11-3-12-24-41)51(61-37-43-27-15-5-16-28-43)53(63-45)65-54-52(62-38-44-29-17-6-18-30-44)50(60-36-42-25-13-4-14-26-42)48(46(32-56)64-54)58-34-40-21-9-2-10-22-40/h1-30,45-56H,31-38H2. The van der Waals surface area contributed by atoms with E-state index in [4.69, 9.17) is 42.6 Å². The van der Waals surface area contributed by atoms with E-state index in [1.54, 1.807) is 0 Å². The van der Waals surface area contributed by atoms with Crippen LogP contribution in [0.1, 0.15) is 33.4 Å². The number of benzene rings is 6. The van der Waals surface area contributed by atoms with Gasteiger partial charge in [0.25, 0.3) is 0 Å². The molecule has 8 rings (SSSR count). The van der Waals surface area contributed by atoms with Gasteiger partial charge in [0.15, 0.2) is 12.6 Å². The Morgan fingerprint density at radius 1 is 0.292 bits per heavy atom. The summed E-state index contributed by atoms with van der Waals surface area (Å²) in [6.45, 7) is 0.461. The summed E-state index contributed by atoms with van der Waals surface area (Å²) in [5.74, 6) is 0. The van der Waals surface area contributed by atoms with Crippen LogP contribution in [0, 0.1) is 0 Å². The van der Waals surface area contributed by atoms with Crippen molar-refractivity contribution >= 4 is 0 Å². The predicted octanol–water partition coefficient (Wildman–Crippen LogP) is 7.95. The number of ether oxygens (including phenoxy) is 9. The van der Waals surface area contributed by atoms with Crippen LogP contribution < -0.4 is 0 Å². The Bertz CT molecular complexity index is 2050. The highest BCUT2D eigenvalue weighted by Gasteiger charge is 2.54. The van der Waals surface area contributed by atoms with Crippen LogP contribution in [0.15, 0.2) is 182 Å². The molecule has 2 fully saturated rings. The fourth-order valence-corrected chi connectivity index (χ4v) is 8.14. The van der Waals surface area contributed by atoms with Gasteiger partial charge in [-0.3, -0.25) is 0 Å². The van der Waals surface area contributed by atoms with Crippen molar-refractivity contribution in [3.8, 4) is 0 Å². The average molecular weight is 883 g/mol. The van der Waals surface area contributed by atoms with E-state index in [0.717, 1.165) is 33.4 Å². The largest absolute Gasteiger partial charge is 0.394 e. The zero-order chi connectivity index (χ0) is 44.5. The minimum Gasteiger partial charge on any atom is -0.394 e. The highest BCUT2D eigenvalue weighted by Crippen LogP contribution is 2.36. The number of aliphatic hydroxyl groups excluding tert-OH is 2. The van der Waals surface area contributed by atoms with Crippen molar-refractivity contribution in [3.63, 3.8) is 0 Å². The van der Waals surface area contributed by atoms with Crippen molar-refractivity contribution < 1.29 is 52.8 Å². The lowest BCUT2D eigenvalue weighted by atomic mass is 9.96. The molecule has 0 radical (unpaired) electrons. The van der Waals surface area contributed by atoms with Gasteiger partial charge in [-0.25, -0.2) is 0 Å². The molecule has 0 amide bonds. The van der Waals surface area contributed by atoms with E-state index in [0.29, 0.717) is 0 Å². The van der Waals surface area contributed by atoms with Crippen molar-refractivity contribution in [2.45, 2.75) is 101 Å². The molecule has 0 spiro atoms. The molecule has 11 nitrogen and oxygen atoms in total. The molecule has 2 aliphatic heterocycles. The Labute approximate surface area is 381 Å². The van der Waals surface area contributed by atoms with Gasteiger partial charge in [-0.1, -0.05) is 182 Å². The summed E-state index contributed by atoms with van der Waals surface area (Å²) in [5.41, 5.74) is 5.62. The molecule has 11 heteroatoms. The lowest BCUT2D eigenvalue weighted by Gasteiger charge is -2.49. The minimum atomic E-state index is -1.20. The van der Waals surface area contributed by atoms with Gasteiger partial charge in [0.05, 0.1) is 52.9 Å². The molecular formula is C54H58O11. The molecule has 10 atom stereocenters. The van der Waals surface area contributed by atoms with E-state index >= 15 is 0 Å². The molecule has 0 bridgehead atoms. The molecule has 2 N–H and O–H groups in total. The van der Waals surface area contributed by atoms with Crippen LogP contribution in [-0.2, 0) is 82.3 Å². The van der Waals surface area contributed by atoms with E-state index in [-0.39, 0.29) is 39.6 Å². The number of rotatable bonds is 22. The lowest BCUT2D eigenvalue weighted by molar-refractivity contribution is -0.393. The van der Waals surface area contributed by atoms with E-state index in [1.807, 2.05) is 182 Å². The van der Waals surface area contributed by atoms with Gasteiger partial charge in [-0.05, 0) is 33.4 Å². The predicted molar refractivity (Wildman–Crippen MR) is 243 cm³/mol. The summed E-state index contributed by atoms with van der Waals surface area (Å²) >= 11 is 0. The summed E-state index contributed by atoms with van der Waals surface area (Å²) in [5, 5.41) is 22.1. The zero-order valence-corrected chi connectivity index (χ0v) is 36.3. The smallest absolute Gasteiger partial charge is 0.190 e. The van der Waals surface area contributed by atoms with Crippen molar-refractivity contribution in [1.82, 2.24) is 0 Å². The van der Waals surface area contributed by atoms with Crippen LogP contribution in [0.25, 0.3) is 0 Å². The van der Waals surface area contributed by atoms with Crippen LogP contribution in [0.2, 0.25) is 0 Å². The summed E-state index contributed by atoms with van der Waals surface area (Å²) < 4.78 is 61.0. The highest BCUT2D eigenvalue weighted by atomic mass is 16.8. The molecule has 2 aliphatic rings. The Hall–Kier alpha value is -5.12. The number of hydrogen-bond donors (Lipinski definition) is 2. The van der Waals surface area contributed by atoms with Crippen LogP contribution >= 0.6 is 0 Å². The zero-order valence-electron chi connectivity index (χ0n) is 36.3. The highest BCUT2D eigenvalue weighted by molar-refractivity contribution is 5.18. The quantitative estimate of drug-likeness (QED) is 0.0691. The van der Waals surface area contributed by atoms with Gasteiger partial charge in [0, 0.05) is 0 Å². The molecule has 2 saturated heterocycles. The monoisotopic (exact) mass is 882 g/mol. The first-order valence-corrected chi connectivity index (χ1v) is 22.3. The molecular weight excluding hydrogens is 825 g/mol. The second-order valence-corrected chi connectivity index (χ2v) is 16.2. The first-order chi connectivity index (χ1) is 32.1. The maximum atomic E-state index is 11.0. The summed E-state index contributed by atoms with van der Waals surface area (Å²) in [7, 11) is 0. The third-order valence-corrected chi connectivity index (χ3v) is 11.5. The van der Waals surface area contributed by atoms with Gasteiger partial charge in [0.2, 0.25) is 0 Å². The van der Waals surface area contributed by atoms with E-state index in [9.17, 15) is 10.2 Å². The fraction of sp³-hybridized carbons (Fsp3) is 0.333. The summed E-state index contributed by atoms with van der Waals surface area (Å²) in [6.07, 6.45) is -9.27. The van der Waals surface area contributed by atoms with Gasteiger partial charge in [-0.2, -0.15) is 0 Å². The van der Waals surface area contributed by atoms with Crippen LogP contribution in [0.5, 0.6) is 0 Å². The average Bonchev–Trinajstić information content (AvgIpc) is 3.37. The third-order valence-electron chi connectivity index (χ3n) is 11.5. The normalized spacial score (nSPS) is 25.6. The van der Waals surface area contributed by atoms with Crippen molar-refractivity contribution in [2.75, 3.05) is 13.2 Å². The van der Waals surface area contributed by atoms with Crippen molar-refractivity contribution in [1.29, 1.82) is 0 Å². The molecule has 0 saturated carbocycles. The van der Waals surface area contributed by atoms with Gasteiger partial charge >= 0.3 is 0 Å². The summed E-state index contributed by atoms with van der Waals surface area (Å²) in [6, 6.07) is 58.9. The maximum absolute atomic E-state index is 11.0. The second kappa shape index (κ2) is 24.4. The first kappa shape index (κ1) is 46.4. The van der Waals surface area contributed by atoms with Gasteiger partial charge < -0.3 is 52.8 Å². The molecule has 0 aliphatic carbocycles. The van der Waals surface area contributed by atoms with Gasteiger partial charge in [0.1, 0.15) is 48.8 Å². The van der Waals surface area contributed by atoms with Crippen LogP contribution in [0.3, 0.4) is 0 Å². The SMILES string of the molecule is OCC1OC(OC2OC(CO)C(OCc3ccccc3)C(OCc3ccccc3)C2OCc2ccccc2)C(OCc2ccccc2)C(OCc2ccccc2)C1OCc1ccccc1. The van der Waals surface area contributed by atoms with Crippen LogP contribution in [-0.4, -0.2) is 84.8 Å². The lowest BCUT2D eigenvalue weighted by Crippen LogP contribution is -2.65. The Balaban J connectivity index is 1.15. The Morgan fingerprint density at radius 2 is 0.508 bits per heavy atom. The van der Waals surface area contributed by atoms with E-state index in [2.05, 4.69) is 0 Å². The maximum Gasteiger partial charge on any atom is 0.190 e. The van der Waals surface area contributed by atoms with Crippen LogP contribution in [0.4, 0.5) is 0 Å². The molecule has 6 aromatic rings. The number of hydrogen-bond acceptors (Lipinski definition) is 11. The van der Waals surface area contributed by atoms with Crippen molar-refractivity contribution in [3.05, 3.63) is 215 Å². The third kappa shape index (κ3) is 13.0. The fourth-order valence-electron chi connectivity index (χ4n) is 8.14. The van der Waals surface area contributed by atoms with E-state index in [1.165, 1.54) is 0 Å². The first-order valence-electron chi connectivity index (χ1n) is 22.3. The topological polar surface area (TPSA) is 124 Å². The Kier molecular flexibility index (Phi) is 17.4. The summed E-state index contributed by atoms with van der Waals surface area (Å²) in [4.78, 5) is 0. The molecule has 65 heavy (non-hydrogen) atoms. The molecule has 6 aromatic carbocycles. The minimum absolute atomic E-state index is 0.187. The molecule has 0 aromatic heterocycles. The molecule has 10 unspecified atom stereocenters. The van der Waals surface area contributed by atoms with Crippen molar-refractivity contribution in [2.24, 2.45) is 0 Å².